The molecule has 0 radical (unpaired) electrons. The molecular formula is C17H18N2O4. The van der Waals surface area contributed by atoms with Gasteiger partial charge in [-0.1, -0.05) is 19.1 Å². The van der Waals surface area contributed by atoms with Crippen molar-refractivity contribution in [2.45, 2.75) is 19.8 Å². The van der Waals surface area contributed by atoms with Crippen LogP contribution in [0, 0.1) is 10.1 Å². The van der Waals surface area contributed by atoms with E-state index in [-0.39, 0.29) is 24.6 Å². The maximum absolute atomic E-state index is 11.8. The number of non-ortho nitro benzene ring substituents is 1. The van der Waals surface area contributed by atoms with Gasteiger partial charge in [-0.15, -0.1) is 0 Å². The van der Waals surface area contributed by atoms with Gasteiger partial charge >= 0.3 is 0 Å². The van der Waals surface area contributed by atoms with Crippen LogP contribution in [0.25, 0.3) is 0 Å². The lowest BCUT2D eigenvalue weighted by atomic mass is 10.1. The molecule has 0 spiro atoms. The maximum atomic E-state index is 11.8. The monoisotopic (exact) mass is 314 g/mol. The molecule has 120 valence electrons. The zero-order valence-electron chi connectivity index (χ0n) is 12.8. The number of rotatable bonds is 7. The molecule has 1 amide bonds. The lowest BCUT2D eigenvalue weighted by Crippen LogP contribution is -2.15. The zero-order chi connectivity index (χ0) is 16.7. The Morgan fingerprint density at radius 1 is 1.13 bits per heavy atom. The lowest BCUT2D eigenvalue weighted by Gasteiger charge is -2.07. The number of anilines is 1. The molecule has 0 saturated carbocycles. The SMILES string of the molecule is CCc1ccc(NC(=O)CCOc2ccc([N+](=O)[O-])cc2)cc1. The van der Waals surface area contributed by atoms with E-state index < -0.39 is 4.92 Å². The number of ether oxygens (including phenoxy) is 1. The largest absolute Gasteiger partial charge is 0.493 e. The third-order valence-electron chi connectivity index (χ3n) is 3.29. The van der Waals surface area contributed by atoms with Crippen LogP contribution in [-0.4, -0.2) is 17.4 Å². The number of nitro groups is 1. The first-order valence-electron chi connectivity index (χ1n) is 7.34. The van der Waals surface area contributed by atoms with Gasteiger partial charge in [-0.2, -0.15) is 0 Å². The third kappa shape index (κ3) is 5.10. The summed E-state index contributed by atoms with van der Waals surface area (Å²) in [6.07, 6.45) is 1.16. The van der Waals surface area contributed by atoms with Crippen LogP contribution < -0.4 is 10.1 Å². The van der Waals surface area contributed by atoms with Gasteiger partial charge in [-0.05, 0) is 36.2 Å². The quantitative estimate of drug-likeness (QED) is 0.625. The Labute approximate surface area is 134 Å². The Hall–Kier alpha value is -2.89. The van der Waals surface area contributed by atoms with Crippen LogP contribution in [0.15, 0.2) is 48.5 Å². The van der Waals surface area contributed by atoms with Crippen molar-refractivity contribution >= 4 is 17.3 Å². The van der Waals surface area contributed by atoms with E-state index in [4.69, 9.17) is 4.74 Å². The molecule has 6 nitrogen and oxygen atoms in total. The second-order valence-corrected chi connectivity index (χ2v) is 4.95. The van der Waals surface area contributed by atoms with E-state index in [1.54, 1.807) is 0 Å². The number of carbonyl (C=O) groups is 1. The number of benzene rings is 2. The van der Waals surface area contributed by atoms with Crippen molar-refractivity contribution in [1.82, 2.24) is 0 Å². The van der Waals surface area contributed by atoms with Crippen molar-refractivity contribution in [3.63, 3.8) is 0 Å². The van der Waals surface area contributed by atoms with E-state index in [9.17, 15) is 14.9 Å². The summed E-state index contributed by atoms with van der Waals surface area (Å²) in [5.74, 6) is 0.354. The smallest absolute Gasteiger partial charge is 0.269 e. The molecule has 0 saturated heterocycles. The maximum Gasteiger partial charge on any atom is 0.269 e. The minimum absolute atomic E-state index is 0.00520. The van der Waals surface area contributed by atoms with Crippen molar-refractivity contribution < 1.29 is 14.5 Å². The molecule has 2 aromatic rings. The second-order valence-electron chi connectivity index (χ2n) is 4.95. The Morgan fingerprint density at radius 2 is 1.78 bits per heavy atom. The van der Waals surface area contributed by atoms with Gasteiger partial charge in [0.1, 0.15) is 5.75 Å². The van der Waals surface area contributed by atoms with Crippen molar-refractivity contribution in [2.24, 2.45) is 0 Å². The van der Waals surface area contributed by atoms with E-state index in [1.807, 2.05) is 24.3 Å². The van der Waals surface area contributed by atoms with Gasteiger partial charge in [0.05, 0.1) is 18.0 Å². The first-order chi connectivity index (χ1) is 11.1. The highest BCUT2D eigenvalue weighted by atomic mass is 16.6. The highest BCUT2D eigenvalue weighted by Gasteiger charge is 2.06. The molecule has 0 atom stereocenters. The number of aryl methyl sites for hydroxylation is 1. The van der Waals surface area contributed by atoms with Crippen LogP contribution in [0.4, 0.5) is 11.4 Å². The van der Waals surface area contributed by atoms with Gasteiger partial charge in [-0.25, -0.2) is 0 Å². The molecular weight excluding hydrogens is 296 g/mol. The standard InChI is InChI=1S/C17H18N2O4/c1-2-13-3-5-14(6-4-13)18-17(20)11-12-23-16-9-7-15(8-10-16)19(21)22/h3-10H,2,11-12H2,1H3,(H,18,20). The Balaban J connectivity index is 1.76. The number of amides is 1. The van der Waals surface area contributed by atoms with Crippen molar-refractivity contribution in [3.8, 4) is 5.75 Å². The minimum atomic E-state index is -0.471. The molecule has 23 heavy (non-hydrogen) atoms. The van der Waals surface area contributed by atoms with Crippen LogP contribution in [0.2, 0.25) is 0 Å². The molecule has 0 aliphatic rings. The predicted molar refractivity (Wildman–Crippen MR) is 87.7 cm³/mol. The van der Waals surface area contributed by atoms with Gasteiger partial charge in [0.25, 0.3) is 5.69 Å². The molecule has 0 aliphatic heterocycles. The second kappa shape index (κ2) is 7.93. The molecule has 0 bridgehead atoms. The Kier molecular flexibility index (Phi) is 5.68. The third-order valence-corrected chi connectivity index (χ3v) is 3.29. The fraction of sp³-hybridized carbons (Fsp3) is 0.235. The van der Waals surface area contributed by atoms with Gasteiger partial charge in [0.2, 0.25) is 5.91 Å². The molecule has 2 aromatic carbocycles. The topological polar surface area (TPSA) is 81.5 Å². The van der Waals surface area contributed by atoms with E-state index in [2.05, 4.69) is 12.2 Å². The number of nitrogens with one attached hydrogen (secondary N) is 1. The van der Waals surface area contributed by atoms with Gasteiger partial charge in [-0.3, -0.25) is 14.9 Å². The summed E-state index contributed by atoms with van der Waals surface area (Å²) >= 11 is 0. The summed E-state index contributed by atoms with van der Waals surface area (Å²) < 4.78 is 5.40. The van der Waals surface area contributed by atoms with Gasteiger partial charge in [0.15, 0.2) is 0 Å². The molecule has 0 heterocycles. The fourth-order valence-corrected chi connectivity index (χ4v) is 1.97. The van der Waals surface area contributed by atoms with E-state index in [0.717, 1.165) is 12.1 Å². The van der Waals surface area contributed by atoms with Crippen molar-refractivity contribution in [1.29, 1.82) is 0 Å². The Morgan fingerprint density at radius 3 is 2.35 bits per heavy atom. The first-order valence-corrected chi connectivity index (χ1v) is 7.34. The predicted octanol–water partition coefficient (Wildman–Crippen LogP) is 3.56. The fourth-order valence-electron chi connectivity index (χ4n) is 1.97. The average molecular weight is 314 g/mol. The zero-order valence-corrected chi connectivity index (χ0v) is 12.8. The number of nitrogens with zero attached hydrogens (tertiary/aromatic N) is 1. The number of carbonyl (C=O) groups excluding carboxylic acids is 1. The van der Waals surface area contributed by atoms with Crippen molar-refractivity contribution in [2.75, 3.05) is 11.9 Å². The summed E-state index contributed by atoms with van der Waals surface area (Å²) in [4.78, 5) is 21.9. The van der Waals surface area contributed by atoms with E-state index in [0.29, 0.717) is 5.75 Å². The van der Waals surface area contributed by atoms with E-state index >= 15 is 0 Å². The highest BCUT2D eigenvalue weighted by molar-refractivity contribution is 5.90. The molecule has 0 fully saturated rings. The summed E-state index contributed by atoms with van der Waals surface area (Å²) in [6.45, 7) is 2.28. The number of hydrogen-bond donors (Lipinski definition) is 1. The summed E-state index contributed by atoms with van der Waals surface area (Å²) in [5.41, 5.74) is 1.97. The summed E-state index contributed by atoms with van der Waals surface area (Å²) in [5, 5.41) is 13.3. The van der Waals surface area contributed by atoms with Crippen LogP contribution in [0.1, 0.15) is 18.9 Å². The normalized spacial score (nSPS) is 10.1. The molecule has 0 unspecified atom stereocenters. The van der Waals surface area contributed by atoms with Crippen LogP contribution in [0.3, 0.4) is 0 Å². The molecule has 0 aromatic heterocycles. The molecule has 1 N–H and O–H groups in total. The highest BCUT2D eigenvalue weighted by Crippen LogP contribution is 2.17. The van der Waals surface area contributed by atoms with Crippen LogP contribution >= 0.6 is 0 Å². The van der Waals surface area contributed by atoms with E-state index in [1.165, 1.54) is 29.8 Å². The van der Waals surface area contributed by atoms with Gasteiger partial charge < -0.3 is 10.1 Å². The number of nitro benzene ring substituents is 1. The minimum Gasteiger partial charge on any atom is -0.493 e. The average Bonchev–Trinajstić information content (AvgIpc) is 2.56. The van der Waals surface area contributed by atoms with Gasteiger partial charge in [0, 0.05) is 17.8 Å². The van der Waals surface area contributed by atoms with Crippen LogP contribution in [0.5, 0.6) is 5.75 Å². The Bertz CT molecular complexity index is 666. The van der Waals surface area contributed by atoms with Crippen molar-refractivity contribution in [3.05, 3.63) is 64.2 Å². The van der Waals surface area contributed by atoms with Crippen LogP contribution in [-0.2, 0) is 11.2 Å². The summed E-state index contributed by atoms with van der Waals surface area (Å²) in [6, 6.07) is 13.4. The number of hydrogen-bond acceptors (Lipinski definition) is 4. The molecule has 6 heteroatoms. The summed E-state index contributed by atoms with van der Waals surface area (Å²) in [7, 11) is 0. The lowest BCUT2D eigenvalue weighted by molar-refractivity contribution is -0.384. The molecule has 2 rings (SSSR count). The molecule has 0 aliphatic carbocycles. The first kappa shape index (κ1) is 16.5.